The molecule has 30 heavy (non-hydrogen) atoms. The zero-order chi connectivity index (χ0) is 21.7. The normalized spacial score (nSPS) is 16.8. The fourth-order valence-corrected chi connectivity index (χ4v) is 4.85. The highest BCUT2D eigenvalue weighted by atomic mass is 32.2. The Morgan fingerprint density at radius 2 is 1.77 bits per heavy atom. The summed E-state index contributed by atoms with van der Waals surface area (Å²) in [6.45, 7) is 1.97. The number of hydrogen-bond acceptors (Lipinski definition) is 6. The van der Waals surface area contributed by atoms with Gasteiger partial charge in [-0.25, -0.2) is 13.2 Å². The molecule has 0 aliphatic carbocycles. The number of anilines is 1. The van der Waals surface area contributed by atoms with E-state index in [0.717, 1.165) is 5.56 Å². The van der Waals surface area contributed by atoms with Gasteiger partial charge in [0.1, 0.15) is 11.8 Å². The topological polar surface area (TPSA) is 102 Å². The van der Waals surface area contributed by atoms with Crippen LogP contribution in [0.2, 0.25) is 0 Å². The predicted molar refractivity (Wildman–Crippen MR) is 111 cm³/mol. The van der Waals surface area contributed by atoms with E-state index in [1.165, 1.54) is 11.4 Å². The highest BCUT2D eigenvalue weighted by Gasteiger charge is 2.39. The second-order valence-corrected chi connectivity index (χ2v) is 8.86. The Morgan fingerprint density at radius 3 is 2.40 bits per heavy atom. The Morgan fingerprint density at radius 1 is 1.10 bits per heavy atom. The van der Waals surface area contributed by atoms with Crippen molar-refractivity contribution in [1.29, 1.82) is 0 Å². The Bertz CT molecular complexity index is 1000. The number of rotatable bonds is 7. The molecule has 8 nitrogen and oxygen atoms in total. The van der Waals surface area contributed by atoms with E-state index in [4.69, 9.17) is 4.74 Å². The smallest absolute Gasteiger partial charge is 0.343 e. The molecule has 1 atom stereocenters. The Hall–Kier alpha value is -2.91. The van der Waals surface area contributed by atoms with Gasteiger partial charge in [-0.05, 0) is 56.2 Å². The van der Waals surface area contributed by atoms with Crippen molar-refractivity contribution in [2.24, 2.45) is 0 Å². The van der Waals surface area contributed by atoms with Gasteiger partial charge in [-0.1, -0.05) is 17.7 Å². The SMILES string of the molecule is COC(=O)COc1ccc(NC(=O)[C@@H]2CCCN2S(=O)(=O)c2ccc(C)cc2)cc1. The summed E-state index contributed by atoms with van der Waals surface area (Å²) in [4.78, 5) is 24.1. The number of esters is 1. The van der Waals surface area contributed by atoms with Gasteiger partial charge in [-0.15, -0.1) is 0 Å². The van der Waals surface area contributed by atoms with E-state index in [9.17, 15) is 18.0 Å². The van der Waals surface area contributed by atoms with Crippen LogP contribution in [0.5, 0.6) is 5.75 Å². The molecule has 1 amide bonds. The molecule has 1 aliphatic heterocycles. The van der Waals surface area contributed by atoms with Gasteiger partial charge in [0.25, 0.3) is 0 Å². The van der Waals surface area contributed by atoms with Crippen molar-refractivity contribution in [1.82, 2.24) is 4.31 Å². The molecule has 1 N–H and O–H groups in total. The fraction of sp³-hybridized carbons (Fsp3) is 0.333. The molecule has 1 fully saturated rings. The Balaban J connectivity index is 1.67. The summed E-state index contributed by atoms with van der Waals surface area (Å²) in [5, 5.41) is 2.76. The number of benzene rings is 2. The molecule has 0 aromatic heterocycles. The summed E-state index contributed by atoms with van der Waals surface area (Å²) in [6.07, 6.45) is 1.07. The molecule has 1 heterocycles. The van der Waals surface area contributed by atoms with E-state index in [0.29, 0.717) is 30.8 Å². The lowest BCUT2D eigenvalue weighted by molar-refractivity contribution is -0.142. The summed E-state index contributed by atoms with van der Waals surface area (Å²) in [6, 6.07) is 12.3. The molecule has 0 bridgehead atoms. The van der Waals surface area contributed by atoms with E-state index in [2.05, 4.69) is 10.1 Å². The van der Waals surface area contributed by atoms with E-state index in [-0.39, 0.29) is 17.4 Å². The largest absolute Gasteiger partial charge is 0.482 e. The second-order valence-electron chi connectivity index (χ2n) is 6.97. The standard InChI is InChI=1S/C21H24N2O6S/c1-15-5-11-18(12-6-15)30(26,27)23-13-3-4-19(23)21(25)22-16-7-9-17(10-8-16)29-14-20(24)28-2/h5-12,19H,3-4,13-14H2,1-2H3,(H,22,25)/t19-/m0/s1. The zero-order valence-corrected chi connectivity index (χ0v) is 17.6. The number of sulfonamides is 1. The number of hydrogen-bond donors (Lipinski definition) is 1. The van der Waals surface area contributed by atoms with Crippen molar-refractivity contribution in [2.45, 2.75) is 30.7 Å². The zero-order valence-electron chi connectivity index (χ0n) is 16.8. The first-order valence-corrected chi connectivity index (χ1v) is 10.9. The first-order chi connectivity index (χ1) is 14.3. The monoisotopic (exact) mass is 432 g/mol. The number of nitrogens with zero attached hydrogens (tertiary/aromatic N) is 1. The molecular weight excluding hydrogens is 408 g/mol. The van der Waals surface area contributed by atoms with Crippen molar-refractivity contribution in [3.05, 3.63) is 54.1 Å². The van der Waals surface area contributed by atoms with Crippen molar-refractivity contribution >= 4 is 27.6 Å². The predicted octanol–water partition coefficient (Wildman–Crippen LogP) is 2.34. The lowest BCUT2D eigenvalue weighted by Crippen LogP contribution is -2.43. The Kier molecular flexibility index (Phi) is 6.73. The summed E-state index contributed by atoms with van der Waals surface area (Å²) in [7, 11) is -2.48. The lowest BCUT2D eigenvalue weighted by Gasteiger charge is -2.23. The molecule has 9 heteroatoms. The maximum atomic E-state index is 13.0. The van der Waals surface area contributed by atoms with Crippen LogP contribution in [0.1, 0.15) is 18.4 Å². The first kappa shape index (κ1) is 21.8. The van der Waals surface area contributed by atoms with Crippen LogP contribution in [0.15, 0.2) is 53.4 Å². The van der Waals surface area contributed by atoms with Gasteiger partial charge in [0.15, 0.2) is 6.61 Å². The van der Waals surface area contributed by atoms with Crippen molar-refractivity contribution in [3.8, 4) is 5.75 Å². The molecule has 1 aliphatic rings. The number of nitrogens with one attached hydrogen (secondary N) is 1. The highest BCUT2D eigenvalue weighted by molar-refractivity contribution is 7.89. The second kappa shape index (κ2) is 9.27. The number of aryl methyl sites for hydroxylation is 1. The Labute approximate surface area is 175 Å². The van der Waals surface area contributed by atoms with E-state index < -0.39 is 22.0 Å². The summed E-state index contributed by atoms with van der Waals surface area (Å²) in [5.41, 5.74) is 1.47. The molecule has 0 saturated carbocycles. The molecule has 2 aromatic rings. The lowest BCUT2D eigenvalue weighted by atomic mass is 10.2. The number of carbonyl (C=O) groups is 2. The highest BCUT2D eigenvalue weighted by Crippen LogP contribution is 2.27. The van der Waals surface area contributed by atoms with Crippen LogP contribution in [0, 0.1) is 6.92 Å². The van der Waals surface area contributed by atoms with Gasteiger partial charge >= 0.3 is 5.97 Å². The number of carbonyl (C=O) groups excluding carboxylic acids is 2. The van der Waals surface area contributed by atoms with E-state index in [1.807, 2.05) is 6.92 Å². The summed E-state index contributed by atoms with van der Waals surface area (Å²) < 4.78 is 37.0. The number of methoxy groups -OCH3 is 1. The van der Waals surface area contributed by atoms with Gasteiger partial charge in [-0.3, -0.25) is 4.79 Å². The number of ether oxygens (including phenoxy) is 2. The third kappa shape index (κ3) is 4.98. The van der Waals surface area contributed by atoms with Crippen LogP contribution in [0.4, 0.5) is 5.69 Å². The van der Waals surface area contributed by atoms with Crippen molar-refractivity contribution in [3.63, 3.8) is 0 Å². The van der Waals surface area contributed by atoms with Crippen LogP contribution >= 0.6 is 0 Å². The van der Waals surface area contributed by atoms with Gasteiger partial charge in [-0.2, -0.15) is 4.31 Å². The van der Waals surface area contributed by atoms with Gasteiger partial charge in [0.2, 0.25) is 15.9 Å². The van der Waals surface area contributed by atoms with Crippen LogP contribution in [0.25, 0.3) is 0 Å². The minimum atomic E-state index is -3.76. The molecule has 1 saturated heterocycles. The summed E-state index contributed by atoms with van der Waals surface area (Å²) in [5.74, 6) is -0.433. The molecule has 2 aromatic carbocycles. The van der Waals surface area contributed by atoms with Gasteiger partial charge in [0, 0.05) is 12.2 Å². The van der Waals surface area contributed by atoms with Crippen LogP contribution < -0.4 is 10.1 Å². The average Bonchev–Trinajstić information content (AvgIpc) is 3.24. The van der Waals surface area contributed by atoms with Crippen LogP contribution in [0.3, 0.4) is 0 Å². The molecule has 0 unspecified atom stereocenters. The van der Waals surface area contributed by atoms with Crippen molar-refractivity contribution in [2.75, 3.05) is 25.6 Å². The molecule has 0 spiro atoms. The maximum Gasteiger partial charge on any atom is 0.343 e. The van der Waals surface area contributed by atoms with E-state index >= 15 is 0 Å². The van der Waals surface area contributed by atoms with Crippen molar-refractivity contribution < 1.29 is 27.5 Å². The minimum absolute atomic E-state index is 0.180. The third-order valence-electron chi connectivity index (χ3n) is 4.84. The molecule has 160 valence electrons. The average molecular weight is 432 g/mol. The maximum absolute atomic E-state index is 13.0. The van der Waals surface area contributed by atoms with E-state index in [1.54, 1.807) is 48.5 Å². The third-order valence-corrected chi connectivity index (χ3v) is 6.76. The minimum Gasteiger partial charge on any atom is -0.482 e. The summed E-state index contributed by atoms with van der Waals surface area (Å²) >= 11 is 0. The van der Waals surface area contributed by atoms with Crippen LogP contribution in [-0.4, -0.2) is 50.9 Å². The molecular formula is C21H24N2O6S. The number of amides is 1. The van der Waals surface area contributed by atoms with Crippen LogP contribution in [-0.2, 0) is 24.3 Å². The first-order valence-electron chi connectivity index (χ1n) is 9.50. The molecule has 0 radical (unpaired) electrons. The van der Waals surface area contributed by atoms with Gasteiger partial charge in [0.05, 0.1) is 12.0 Å². The van der Waals surface area contributed by atoms with Gasteiger partial charge < -0.3 is 14.8 Å². The molecule has 3 rings (SSSR count). The fourth-order valence-electron chi connectivity index (χ4n) is 3.20. The quantitative estimate of drug-likeness (QED) is 0.674.